The molecule has 2 aromatic heterocycles. The molecule has 0 saturated carbocycles. The van der Waals surface area contributed by atoms with Gasteiger partial charge in [-0.2, -0.15) is 10.1 Å². The summed E-state index contributed by atoms with van der Waals surface area (Å²) in [5.41, 5.74) is 0.618. The number of carbonyl (C=O) groups excluding carboxylic acids is 1. The zero-order chi connectivity index (χ0) is 15.5. The Balaban J connectivity index is 1.57. The first-order chi connectivity index (χ1) is 10.7. The molecule has 0 aromatic carbocycles. The van der Waals surface area contributed by atoms with E-state index >= 15 is 0 Å². The van der Waals surface area contributed by atoms with E-state index in [0.29, 0.717) is 50.1 Å². The summed E-state index contributed by atoms with van der Waals surface area (Å²) >= 11 is 0. The summed E-state index contributed by atoms with van der Waals surface area (Å²) in [4.78, 5) is 18.5. The molecule has 8 nitrogen and oxygen atoms in total. The Morgan fingerprint density at radius 3 is 3.05 bits per heavy atom. The van der Waals surface area contributed by atoms with Gasteiger partial charge in [-0.05, 0) is 13.0 Å². The van der Waals surface area contributed by atoms with E-state index in [0.717, 1.165) is 0 Å². The van der Waals surface area contributed by atoms with E-state index in [1.165, 1.54) is 0 Å². The Morgan fingerprint density at radius 1 is 1.50 bits per heavy atom. The summed E-state index contributed by atoms with van der Waals surface area (Å²) < 4.78 is 11.9. The predicted octanol–water partition coefficient (Wildman–Crippen LogP) is 0.714. The van der Waals surface area contributed by atoms with Crippen molar-refractivity contribution in [2.45, 2.75) is 25.8 Å². The number of rotatable bonds is 6. The van der Waals surface area contributed by atoms with E-state index in [2.05, 4.69) is 15.2 Å². The molecular formula is C14H19N5O3. The number of aromatic nitrogens is 4. The van der Waals surface area contributed by atoms with Gasteiger partial charge in [0.25, 0.3) is 5.91 Å². The lowest BCUT2D eigenvalue weighted by molar-refractivity contribution is 0.0556. The van der Waals surface area contributed by atoms with Crippen molar-refractivity contribution < 1.29 is 14.1 Å². The molecule has 22 heavy (non-hydrogen) atoms. The Hall–Kier alpha value is -2.22. The van der Waals surface area contributed by atoms with Crippen molar-refractivity contribution in [3.05, 3.63) is 29.7 Å². The van der Waals surface area contributed by atoms with Gasteiger partial charge in [0.15, 0.2) is 5.82 Å². The third-order valence-corrected chi connectivity index (χ3v) is 3.77. The van der Waals surface area contributed by atoms with Gasteiger partial charge in [-0.15, -0.1) is 0 Å². The largest absolute Gasteiger partial charge is 0.384 e. The van der Waals surface area contributed by atoms with E-state index in [-0.39, 0.29) is 11.8 Å². The minimum atomic E-state index is -0.00489. The molecule has 1 aliphatic rings. The summed E-state index contributed by atoms with van der Waals surface area (Å²) in [6.07, 6.45) is 2.28. The molecule has 1 fully saturated rings. The topological polar surface area (TPSA) is 86.3 Å². The highest BCUT2D eigenvalue weighted by atomic mass is 16.5. The summed E-state index contributed by atoms with van der Waals surface area (Å²) in [6.45, 7) is 4.40. The number of nitrogens with zero attached hydrogens (tertiary/aromatic N) is 5. The lowest BCUT2D eigenvalue weighted by Crippen LogP contribution is -2.49. The highest BCUT2D eigenvalue weighted by Gasteiger charge is 2.36. The average molecular weight is 305 g/mol. The van der Waals surface area contributed by atoms with Crippen LogP contribution in [0.5, 0.6) is 0 Å². The van der Waals surface area contributed by atoms with Gasteiger partial charge < -0.3 is 14.2 Å². The second-order valence-corrected chi connectivity index (χ2v) is 5.23. The van der Waals surface area contributed by atoms with Crippen LogP contribution < -0.4 is 0 Å². The van der Waals surface area contributed by atoms with Gasteiger partial charge in [-0.1, -0.05) is 5.16 Å². The van der Waals surface area contributed by atoms with Crippen molar-refractivity contribution in [2.75, 3.05) is 26.8 Å². The van der Waals surface area contributed by atoms with Crippen molar-refractivity contribution in [3.8, 4) is 0 Å². The van der Waals surface area contributed by atoms with Gasteiger partial charge in [-0.3, -0.25) is 9.48 Å². The molecule has 0 radical (unpaired) electrons. The van der Waals surface area contributed by atoms with Crippen LogP contribution in [0, 0.1) is 0 Å². The third kappa shape index (κ3) is 2.74. The standard InChI is InChI=1S/C14H19N5O3/c1-3-19-11(4-6-15-19)14(20)18-8-10(9-18)13-16-12(17-22-13)5-7-21-2/h4,6,10H,3,5,7-9H2,1-2H3. The van der Waals surface area contributed by atoms with Gasteiger partial charge in [0.1, 0.15) is 5.69 Å². The fourth-order valence-corrected chi connectivity index (χ4v) is 2.46. The molecule has 0 N–H and O–H groups in total. The summed E-state index contributed by atoms with van der Waals surface area (Å²) in [7, 11) is 1.64. The first-order valence-electron chi connectivity index (χ1n) is 7.35. The fraction of sp³-hybridized carbons (Fsp3) is 0.571. The number of amides is 1. The van der Waals surface area contributed by atoms with Crippen molar-refractivity contribution in [2.24, 2.45) is 0 Å². The molecule has 1 aliphatic heterocycles. The van der Waals surface area contributed by atoms with Crippen molar-refractivity contribution >= 4 is 5.91 Å². The van der Waals surface area contributed by atoms with Crippen LogP contribution in [-0.2, 0) is 17.7 Å². The smallest absolute Gasteiger partial charge is 0.272 e. The van der Waals surface area contributed by atoms with Crippen LogP contribution in [0.25, 0.3) is 0 Å². The lowest BCUT2D eigenvalue weighted by atomic mass is 9.99. The van der Waals surface area contributed by atoms with Crippen molar-refractivity contribution in [1.29, 1.82) is 0 Å². The van der Waals surface area contributed by atoms with Gasteiger partial charge in [0.05, 0.1) is 12.5 Å². The van der Waals surface area contributed by atoms with Crippen LogP contribution in [0.1, 0.15) is 35.0 Å². The summed E-state index contributed by atoms with van der Waals surface area (Å²) in [5, 5.41) is 8.04. The minimum Gasteiger partial charge on any atom is -0.384 e. The molecule has 8 heteroatoms. The molecule has 3 rings (SSSR count). The highest BCUT2D eigenvalue weighted by Crippen LogP contribution is 2.27. The monoisotopic (exact) mass is 305 g/mol. The van der Waals surface area contributed by atoms with Crippen LogP contribution in [0.4, 0.5) is 0 Å². The summed E-state index contributed by atoms with van der Waals surface area (Å²) in [5.74, 6) is 1.35. The zero-order valence-electron chi connectivity index (χ0n) is 12.7. The second kappa shape index (κ2) is 6.27. The Morgan fingerprint density at radius 2 is 2.32 bits per heavy atom. The fourth-order valence-electron chi connectivity index (χ4n) is 2.46. The maximum absolute atomic E-state index is 12.4. The second-order valence-electron chi connectivity index (χ2n) is 5.23. The van der Waals surface area contributed by atoms with Gasteiger partial charge >= 0.3 is 0 Å². The normalized spacial score (nSPS) is 15.1. The molecule has 1 amide bonds. The molecule has 1 saturated heterocycles. The number of ether oxygens (including phenoxy) is 1. The number of likely N-dealkylation sites (tertiary alicyclic amines) is 1. The molecule has 0 bridgehead atoms. The molecule has 0 aliphatic carbocycles. The number of hydrogen-bond acceptors (Lipinski definition) is 6. The quantitative estimate of drug-likeness (QED) is 0.781. The van der Waals surface area contributed by atoms with Crippen LogP contribution in [0.2, 0.25) is 0 Å². The number of aryl methyl sites for hydroxylation is 1. The Bertz CT molecular complexity index is 644. The SMILES string of the molecule is CCn1nccc1C(=O)N1CC(c2nc(CCOC)no2)C1. The van der Waals surface area contributed by atoms with Gasteiger partial charge in [-0.25, -0.2) is 0 Å². The molecular weight excluding hydrogens is 286 g/mol. The van der Waals surface area contributed by atoms with Crippen molar-refractivity contribution in [1.82, 2.24) is 24.8 Å². The predicted molar refractivity (Wildman–Crippen MR) is 76.4 cm³/mol. The molecule has 3 heterocycles. The Kier molecular flexibility index (Phi) is 4.19. The van der Waals surface area contributed by atoms with Gasteiger partial charge in [0.2, 0.25) is 5.89 Å². The zero-order valence-corrected chi connectivity index (χ0v) is 12.7. The Labute approximate surface area is 128 Å². The van der Waals surface area contributed by atoms with Crippen LogP contribution in [0.3, 0.4) is 0 Å². The summed E-state index contributed by atoms with van der Waals surface area (Å²) in [6, 6.07) is 1.74. The highest BCUT2D eigenvalue weighted by molar-refractivity contribution is 5.93. The molecule has 0 spiro atoms. The molecule has 118 valence electrons. The maximum Gasteiger partial charge on any atom is 0.272 e. The third-order valence-electron chi connectivity index (χ3n) is 3.77. The van der Waals surface area contributed by atoms with E-state index < -0.39 is 0 Å². The first-order valence-corrected chi connectivity index (χ1v) is 7.35. The number of carbonyl (C=O) groups is 1. The van der Waals surface area contributed by atoms with Crippen LogP contribution >= 0.6 is 0 Å². The van der Waals surface area contributed by atoms with Crippen LogP contribution in [0.15, 0.2) is 16.8 Å². The van der Waals surface area contributed by atoms with Gasteiger partial charge in [0, 0.05) is 39.4 Å². The van der Waals surface area contributed by atoms with E-state index in [1.807, 2.05) is 6.92 Å². The van der Waals surface area contributed by atoms with E-state index in [4.69, 9.17) is 9.26 Å². The van der Waals surface area contributed by atoms with E-state index in [1.54, 1.807) is 29.0 Å². The first kappa shape index (κ1) is 14.7. The maximum atomic E-state index is 12.4. The average Bonchev–Trinajstić information content (AvgIpc) is 3.12. The minimum absolute atomic E-state index is 0.00489. The van der Waals surface area contributed by atoms with E-state index in [9.17, 15) is 4.79 Å². The van der Waals surface area contributed by atoms with Crippen molar-refractivity contribution in [3.63, 3.8) is 0 Å². The molecule has 0 atom stereocenters. The van der Waals surface area contributed by atoms with Crippen LogP contribution in [-0.4, -0.2) is 57.5 Å². The number of methoxy groups -OCH3 is 1. The molecule has 2 aromatic rings. The molecule has 0 unspecified atom stereocenters. The number of hydrogen-bond donors (Lipinski definition) is 0. The lowest BCUT2D eigenvalue weighted by Gasteiger charge is -2.36.